The van der Waals surface area contributed by atoms with Crippen LogP contribution in [0, 0.1) is 12.8 Å². The summed E-state index contributed by atoms with van der Waals surface area (Å²) in [5.41, 5.74) is 5.78. The van der Waals surface area contributed by atoms with Crippen molar-refractivity contribution >= 4 is 11.9 Å². The van der Waals surface area contributed by atoms with Crippen molar-refractivity contribution in [2.24, 2.45) is 5.92 Å². The van der Waals surface area contributed by atoms with Gasteiger partial charge in [-0.25, -0.2) is 0 Å². The number of carbonyl (C=O) groups is 2. The summed E-state index contributed by atoms with van der Waals surface area (Å²) in [4.78, 5) is 26.2. The van der Waals surface area contributed by atoms with Crippen LogP contribution in [-0.2, 0) is 30.6 Å². The summed E-state index contributed by atoms with van der Waals surface area (Å²) in [5, 5.41) is 9.41. The second kappa shape index (κ2) is 11.2. The molecule has 4 rings (SSSR count). The van der Waals surface area contributed by atoms with Gasteiger partial charge in [0.05, 0.1) is 0 Å². The molecule has 5 heteroatoms. The fourth-order valence-electron chi connectivity index (χ4n) is 5.00. The molecule has 0 fully saturated rings. The number of nitrogens with zero attached hydrogens (tertiary/aromatic N) is 1. The number of carbonyl (C=O) groups excluding carboxylic acids is 1. The van der Waals surface area contributed by atoms with E-state index in [9.17, 15) is 14.7 Å². The van der Waals surface area contributed by atoms with Gasteiger partial charge in [-0.1, -0.05) is 67.9 Å². The van der Waals surface area contributed by atoms with Crippen molar-refractivity contribution in [1.29, 1.82) is 0 Å². The minimum Gasteiger partial charge on any atom is -0.487 e. The van der Waals surface area contributed by atoms with Crippen LogP contribution in [0.3, 0.4) is 0 Å². The number of carboxylic acid groups (broad SMARTS) is 1. The maximum absolute atomic E-state index is 13.3. The molecule has 0 aliphatic carbocycles. The predicted molar refractivity (Wildman–Crippen MR) is 146 cm³/mol. The van der Waals surface area contributed by atoms with Crippen molar-refractivity contribution in [3.8, 4) is 5.75 Å². The lowest BCUT2D eigenvalue weighted by Crippen LogP contribution is -2.39. The van der Waals surface area contributed by atoms with Gasteiger partial charge in [-0.3, -0.25) is 9.59 Å². The van der Waals surface area contributed by atoms with E-state index < -0.39 is 5.97 Å². The topological polar surface area (TPSA) is 66.8 Å². The van der Waals surface area contributed by atoms with E-state index in [0.29, 0.717) is 11.5 Å². The number of ether oxygens (including phenoxy) is 1. The zero-order chi connectivity index (χ0) is 26.6. The van der Waals surface area contributed by atoms with Crippen LogP contribution in [-0.4, -0.2) is 34.0 Å². The van der Waals surface area contributed by atoms with E-state index in [1.807, 2.05) is 43.3 Å². The van der Waals surface area contributed by atoms with Crippen molar-refractivity contribution in [2.45, 2.75) is 65.5 Å². The standard InChI is InChI=1S/C32H37NO4/c1-22(2)17-24-9-11-25(12-10-24)19-32(4)16-15-27-18-28(13-14-29(27)37-32)31(36)33(21-30(34)35)20-26-7-5-23(3)6-8-26/h5-14,18,22H,15-17,19-21H2,1-4H3,(H,34,35)/t32-/m0/s1. The highest BCUT2D eigenvalue weighted by Gasteiger charge is 2.32. The molecule has 194 valence electrons. The van der Waals surface area contributed by atoms with Crippen LogP contribution in [0.5, 0.6) is 5.75 Å². The van der Waals surface area contributed by atoms with Gasteiger partial charge < -0.3 is 14.7 Å². The number of benzene rings is 3. The fraction of sp³-hybridized carbons (Fsp3) is 0.375. The summed E-state index contributed by atoms with van der Waals surface area (Å²) < 4.78 is 6.47. The average Bonchev–Trinajstić information content (AvgIpc) is 2.85. The van der Waals surface area contributed by atoms with Crippen LogP contribution < -0.4 is 4.74 Å². The second-order valence-corrected chi connectivity index (χ2v) is 11.0. The van der Waals surface area contributed by atoms with E-state index in [1.54, 1.807) is 6.07 Å². The first-order valence-electron chi connectivity index (χ1n) is 13.1. The highest BCUT2D eigenvalue weighted by Crippen LogP contribution is 2.36. The molecule has 0 unspecified atom stereocenters. The smallest absolute Gasteiger partial charge is 0.323 e. The Hall–Kier alpha value is -3.60. The Bertz CT molecular complexity index is 1250. The highest BCUT2D eigenvalue weighted by molar-refractivity contribution is 5.96. The molecule has 1 N–H and O–H groups in total. The van der Waals surface area contributed by atoms with E-state index in [2.05, 4.69) is 45.0 Å². The molecule has 0 aromatic heterocycles. The minimum atomic E-state index is -1.03. The van der Waals surface area contributed by atoms with Crippen LogP contribution in [0.25, 0.3) is 0 Å². The van der Waals surface area contributed by atoms with Crippen molar-refractivity contribution < 1.29 is 19.4 Å². The van der Waals surface area contributed by atoms with Crippen LogP contribution >= 0.6 is 0 Å². The first-order valence-corrected chi connectivity index (χ1v) is 13.1. The second-order valence-electron chi connectivity index (χ2n) is 11.0. The van der Waals surface area contributed by atoms with Crippen molar-refractivity contribution in [3.05, 3.63) is 100 Å². The monoisotopic (exact) mass is 499 g/mol. The predicted octanol–water partition coefficient (Wildman–Crippen LogP) is 6.25. The lowest BCUT2D eigenvalue weighted by molar-refractivity contribution is -0.137. The van der Waals surface area contributed by atoms with E-state index in [1.165, 1.54) is 16.0 Å². The van der Waals surface area contributed by atoms with Gasteiger partial charge in [0, 0.05) is 18.5 Å². The van der Waals surface area contributed by atoms with Crippen molar-refractivity contribution in [2.75, 3.05) is 6.54 Å². The molecule has 1 amide bonds. The summed E-state index contributed by atoms with van der Waals surface area (Å²) in [6, 6.07) is 22.1. The van der Waals surface area contributed by atoms with E-state index in [-0.39, 0.29) is 24.6 Å². The molecule has 3 aromatic rings. The SMILES string of the molecule is Cc1ccc(CN(CC(=O)O)C(=O)c2ccc3c(c2)CC[C@@](C)(Cc2ccc(CC(C)C)cc2)O3)cc1. The molecule has 3 aromatic carbocycles. The summed E-state index contributed by atoms with van der Waals surface area (Å²) >= 11 is 0. The van der Waals surface area contributed by atoms with E-state index in [0.717, 1.165) is 48.1 Å². The first-order chi connectivity index (χ1) is 17.6. The normalized spacial score (nSPS) is 16.7. The average molecular weight is 500 g/mol. The zero-order valence-electron chi connectivity index (χ0n) is 22.3. The summed E-state index contributed by atoms with van der Waals surface area (Å²) in [7, 11) is 0. The number of amides is 1. The molecule has 1 aliphatic heterocycles. The third-order valence-electron chi connectivity index (χ3n) is 6.94. The van der Waals surface area contributed by atoms with Gasteiger partial charge in [-0.2, -0.15) is 0 Å². The third-order valence-corrected chi connectivity index (χ3v) is 6.94. The lowest BCUT2D eigenvalue weighted by atomic mass is 9.86. The zero-order valence-corrected chi connectivity index (χ0v) is 22.3. The Kier molecular flexibility index (Phi) is 8.01. The van der Waals surface area contributed by atoms with Gasteiger partial charge in [0.25, 0.3) is 5.91 Å². The number of aliphatic carboxylic acids is 1. The summed E-state index contributed by atoms with van der Waals surface area (Å²) in [6.45, 7) is 8.49. The van der Waals surface area contributed by atoms with Crippen molar-refractivity contribution in [1.82, 2.24) is 4.90 Å². The lowest BCUT2D eigenvalue weighted by Gasteiger charge is -2.36. The Labute approximate surface area is 220 Å². The Morgan fingerprint density at radius 3 is 2.27 bits per heavy atom. The summed E-state index contributed by atoms with van der Waals surface area (Å²) in [6.07, 6.45) is 3.54. The maximum atomic E-state index is 13.3. The van der Waals surface area contributed by atoms with Crippen molar-refractivity contribution in [3.63, 3.8) is 0 Å². The fourth-order valence-corrected chi connectivity index (χ4v) is 5.00. The number of aryl methyl sites for hydroxylation is 2. The maximum Gasteiger partial charge on any atom is 0.323 e. The molecule has 1 atom stereocenters. The summed E-state index contributed by atoms with van der Waals surface area (Å²) in [5.74, 6) is 0.109. The number of hydrogen-bond acceptors (Lipinski definition) is 3. The van der Waals surface area contributed by atoms with Crippen LogP contribution in [0.4, 0.5) is 0 Å². The van der Waals surface area contributed by atoms with Gasteiger partial charge in [0.15, 0.2) is 0 Å². The third kappa shape index (κ3) is 7.00. The molecule has 1 heterocycles. The number of hydrogen-bond donors (Lipinski definition) is 1. The molecule has 5 nitrogen and oxygen atoms in total. The number of rotatable bonds is 9. The Balaban J connectivity index is 1.46. The molecular formula is C32H37NO4. The molecule has 0 radical (unpaired) electrons. The van der Waals surface area contributed by atoms with Crippen LogP contribution in [0.15, 0.2) is 66.7 Å². The molecule has 1 aliphatic rings. The highest BCUT2D eigenvalue weighted by atomic mass is 16.5. The Morgan fingerprint density at radius 1 is 0.973 bits per heavy atom. The number of carboxylic acids is 1. The van der Waals surface area contributed by atoms with Gasteiger partial charge >= 0.3 is 5.97 Å². The molecular weight excluding hydrogens is 462 g/mol. The minimum absolute atomic E-state index is 0.243. The van der Waals surface area contributed by atoms with Gasteiger partial charge in [-0.05, 0) is 79.5 Å². The van der Waals surface area contributed by atoms with E-state index in [4.69, 9.17) is 4.74 Å². The van der Waals surface area contributed by atoms with Gasteiger partial charge in [0.1, 0.15) is 17.9 Å². The van der Waals surface area contributed by atoms with Crippen LogP contribution in [0.1, 0.15) is 65.4 Å². The quantitative estimate of drug-likeness (QED) is 0.378. The van der Waals surface area contributed by atoms with E-state index >= 15 is 0 Å². The Morgan fingerprint density at radius 2 is 1.62 bits per heavy atom. The molecule has 0 bridgehead atoms. The molecule has 0 saturated carbocycles. The van der Waals surface area contributed by atoms with Gasteiger partial charge in [0.2, 0.25) is 0 Å². The molecule has 0 spiro atoms. The number of fused-ring (bicyclic) bond motifs is 1. The van der Waals surface area contributed by atoms with Gasteiger partial charge in [-0.15, -0.1) is 0 Å². The molecule has 37 heavy (non-hydrogen) atoms. The van der Waals surface area contributed by atoms with Crippen LogP contribution in [0.2, 0.25) is 0 Å². The molecule has 0 saturated heterocycles. The largest absolute Gasteiger partial charge is 0.487 e. The first kappa shape index (κ1) is 26.5.